The minimum Gasteiger partial charge on any atom is -0.468 e. The zero-order chi connectivity index (χ0) is 20.5. The molecule has 0 saturated heterocycles. The van der Waals surface area contributed by atoms with Crippen molar-refractivity contribution in [2.75, 3.05) is 20.5 Å². The maximum absolute atomic E-state index is 9.35. The van der Waals surface area contributed by atoms with E-state index >= 15 is 0 Å². The summed E-state index contributed by atoms with van der Waals surface area (Å²) in [6.45, 7) is 4.83. The van der Waals surface area contributed by atoms with Crippen LogP contribution in [0.4, 0.5) is 0 Å². The Morgan fingerprint density at radius 1 is 1.25 bits per heavy atom. The second-order valence-electron chi connectivity index (χ2n) is 5.74. The number of aromatic nitrogens is 1. The van der Waals surface area contributed by atoms with Gasteiger partial charge in [-0.05, 0) is 43.7 Å². The number of aryl methyl sites for hydroxylation is 1. The van der Waals surface area contributed by atoms with Crippen LogP contribution in [0.5, 0.6) is 5.75 Å². The minimum absolute atomic E-state index is 0.190. The van der Waals surface area contributed by atoms with Gasteiger partial charge in [0.1, 0.15) is 11.8 Å². The van der Waals surface area contributed by atoms with E-state index in [1.165, 1.54) is 0 Å². The van der Waals surface area contributed by atoms with Crippen LogP contribution in [0.15, 0.2) is 42.6 Å². The Kier molecular flexibility index (Phi) is 7.88. The molecule has 0 amide bonds. The van der Waals surface area contributed by atoms with Crippen molar-refractivity contribution >= 4 is 29.0 Å². The third-order valence-corrected chi connectivity index (χ3v) is 4.14. The SMILES string of the molecule is CCOC=O.COCOc1cc(-n2cc(C#N)c3cc(Cl)ccc32)ccc1C. The van der Waals surface area contributed by atoms with E-state index in [1.807, 2.05) is 54.1 Å². The summed E-state index contributed by atoms with van der Waals surface area (Å²) in [5.41, 5.74) is 3.44. The summed E-state index contributed by atoms with van der Waals surface area (Å²) < 4.78 is 16.7. The predicted octanol–water partition coefficient (Wildman–Crippen LogP) is 4.63. The lowest BCUT2D eigenvalue weighted by molar-refractivity contribution is -0.128. The lowest BCUT2D eigenvalue weighted by Crippen LogP contribution is -2.01. The molecule has 1 aromatic heterocycles. The van der Waals surface area contributed by atoms with Gasteiger partial charge in [-0.1, -0.05) is 17.7 Å². The molecule has 146 valence electrons. The number of rotatable bonds is 6. The van der Waals surface area contributed by atoms with Crippen molar-refractivity contribution in [1.29, 1.82) is 5.26 Å². The minimum atomic E-state index is 0.190. The number of benzene rings is 2. The van der Waals surface area contributed by atoms with E-state index in [0.717, 1.165) is 27.9 Å². The van der Waals surface area contributed by atoms with Crippen LogP contribution in [-0.2, 0) is 14.3 Å². The molecule has 0 aliphatic rings. The molecule has 6 nitrogen and oxygen atoms in total. The molecule has 0 atom stereocenters. The van der Waals surface area contributed by atoms with Crippen molar-refractivity contribution in [2.24, 2.45) is 0 Å². The molecule has 0 radical (unpaired) electrons. The van der Waals surface area contributed by atoms with E-state index in [9.17, 15) is 10.1 Å². The maximum atomic E-state index is 9.35. The molecule has 0 unspecified atom stereocenters. The lowest BCUT2D eigenvalue weighted by Gasteiger charge is -2.11. The fraction of sp³-hybridized carbons (Fsp3) is 0.238. The first-order valence-electron chi connectivity index (χ1n) is 8.54. The molecule has 0 saturated carbocycles. The summed E-state index contributed by atoms with van der Waals surface area (Å²) in [6, 6.07) is 13.7. The van der Waals surface area contributed by atoms with Gasteiger partial charge in [0.15, 0.2) is 6.79 Å². The number of carbonyl (C=O) groups excluding carboxylic acids is 1. The Labute approximate surface area is 168 Å². The molecule has 1 heterocycles. The van der Waals surface area contributed by atoms with Crippen molar-refractivity contribution < 1.29 is 19.0 Å². The molecule has 28 heavy (non-hydrogen) atoms. The molecule has 0 fully saturated rings. The van der Waals surface area contributed by atoms with Crippen molar-refractivity contribution in [2.45, 2.75) is 13.8 Å². The number of fused-ring (bicyclic) bond motifs is 1. The summed E-state index contributed by atoms with van der Waals surface area (Å²) in [5.74, 6) is 0.749. The van der Waals surface area contributed by atoms with E-state index in [4.69, 9.17) is 21.1 Å². The quantitative estimate of drug-likeness (QED) is 0.445. The monoisotopic (exact) mass is 400 g/mol. The first-order valence-corrected chi connectivity index (χ1v) is 8.92. The maximum Gasteiger partial charge on any atom is 0.293 e. The first-order chi connectivity index (χ1) is 13.5. The van der Waals surface area contributed by atoms with E-state index in [1.54, 1.807) is 14.0 Å². The highest BCUT2D eigenvalue weighted by molar-refractivity contribution is 6.31. The van der Waals surface area contributed by atoms with Crippen molar-refractivity contribution in [3.05, 3.63) is 58.7 Å². The average Bonchev–Trinajstić information content (AvgIpc) is 3.06. The fourth-order valence-corrected chi connectivity index (χ4v) is 2.76. The molecule has 3 aromatic rings. The Balaban J connectivity index is 0.000000500. The molecule has 7 heteroatoms. The van der Waals surface area contributed by atoms with Gasteiger partial charge in [-0.15, -0.1) is 0 Å². The highest BCUT2D eigenvalue weighted by Gasteiger charge is 2.11. The molecule has 0 aliphatic carbocycles. The number of nitrogens with zero attached hydrogens (tertiary/aromatic N) is 2. The normalized spacial score (nSPS) is 9.96. The van der Waals surface area contributed by atoms with E-state index in [0.29, 0.717) is 23.7 Å². The van der Waals surface area contributed by atoms with Crippen LogP contribution >= 0.6 is 11.6 Å². The smallest absolute Gasteiger partial charge is 0.293 e. The Morgan fingerprint density at radius 3 is 2.64 bits per heavy atom. The highest BCUT2D eigenvalue weighted by Crippen LogP contribution is 2.29. The van der Waals surface area contributed by atoms with Gasteiger partial charge >= 0.3 is 0 Å². The van der Waals surface area contributed by atoms with Crippen LogP contribution in [0.1, 0.15) is 18.1 Å². The lowest BCUT2D eigenvalue weighted by atomic mass is 10.2. The van der Waals surface area contributed by atoms with Gasteiger partial charge in [-0.2, -0.15) is 5.26 Å². The number of hydrogen-bond acceptors (Lipinski definition) is 5. The van der Waals surface area contributed by atoms with Gasteiger partial charge in [0.05, 0.1) is 17.7 Å². The van der Waals surface area contributed by atoms with Crippen LogP contribution < -0.4 is 4.74 Å². The summed E-state index contributed by atoms with van der Waals surface area (Å²) in [7, 11) is 1.58. The molecule has 0 bridgehead atoms. The zero-order valence-electron chi connectivity index (χ0n) is 15.9. The van der Waals surface area contributed by atoms with Crippen molar-refractivity contribution in [1.82, 2.24) is 4.57 Å². The Morgan fingerprint density at radius 2 is 2.04 bits per heavy atom. The van der Waals surface area contributed by atoms with Gasteiger partial charge in [0.25, 0.3) is 6.47 Å². The van der Waals surface area contributed by atoms with E-state index in [2.05, 4.69) is 10.8 Å². The van der Waals surface area contributed by atoms with Crippen LogP contribution in [0.25, 0.3) is 16.6 Å². The molecule has 0 aliphatic heterocycles. The van der Waals surface area contributed by atoms with Crippen LogP contribution in [-0.4, -0.2) is 31.5 Å². The summed E-state index contributed by atoms with van der Waals surface area (Å²) in [6.07, 6.45) is 1.81. The van der Waals surface area contributed by atoms with Crippen LogP contribution in [0, 0.1) is 18.3 Å². The molecule has 0 spiro atoms. The van der Waals surface area contributed by atoms with Gasteiger partial charge in [0, 0.05) is 35.5 Å². The second-order valence-corrected chi connectivity index (χ2v) is 6.17. The Hall–Kier alpha value is -3.01. The molecular formula is C21H21ClN2O4. The molecular weight excluding hydrogens is 380 g/mol. The van der Waals surface area contributed by atoms with Gasteiger partial charge in [-0.3, -0.25) is 4.79 Å². The average molecular weight is 401 g/mol. The number of ether oxygens (including phenoxy) is 3. The number of methoxy groups -OCH3 is 1. The van der Waals surface area contributed by atoms with Crippen LogP contribution in [0.2, 0.25) is 5.02 Å². The fourth-order valence-electron chi connectivity index (χ4n) is 2.59. The number of nitriles is 1. The molecule has 2 aromatic carbocycles. The summed E-state index contributed by atoms with van der Waals surface area (Å²) >= 11 is 6.05. The van der Waals surface area contributed by atoms with Crippen molar-refractivity contribution in [3.63, 3.8) is 0 Å². The Bertz CT molecular complexity index is 992. The second kappa shape index (κ2) is 10.4. The molecule has 0 N–H and O–H groups in total. The third-order valence-electron chi connectivity index (χ3n) is 3.90. The highest BCUT2D eigenvalue weighted by atomic mass is 35.5. The molecule has 3 rings (SSSR count). The predicted molar refractivity (Wildman–Crippen MR) is 108 cm³/mol. The first kappa shape index (κ1) is 21.3. The van der Waals surface area contributed by atoms with Crippen LogP contribution in [0.3, 0.4) is 0 Å². The number of carbonyl (C=O) groups is 1. The largest absolute Gasteiger partial charge is 0.468 e. The standard InChI is InChI=1S/C18H15ClN2O2.C3H6O2/c1-12-3-5-15(8-18(12)23-11-22-2)21-10-13(9-20)16-7-14(19)4-6-17(16)21;1-2-5-3-4/h3-8,10H,11H2,1-2H3;3H,2H2,1H3. The topological polar surface area (TPSA) is 73.5 Å². The number of hydrogen-bond donors (Lipinski definition) is 0. The van der Waals surface area contributed by atoms with E-state index < -0.39 is 0 Å². The van der Waals surface area contributed by atoms with Gasteiger partial charge in [-0.25, -0.2) is 0 Å². The van der Waals surface area contributed by atoms with Gasteiger partial charge in [0.2, 0.25) is 0 Å². The third kappa shape index (κ3) is 5.03. The number of halogens is 1. The van der Waals surface area contributed by atoms with Gasteiger partial charge < -0.3 is 18.8 Å². The summed E-state index contributed by atoms with van der Waals surface area (Å²) in [4.78, 5) is 9.18. The summed E-state index contributed by atoms with van der Waals surface area (Å²) in [5, 5.41) is 10.8. The van der Waals surface area contributed by atoms with E-state index in [-0.39, 0.29) is 6.79 Å². The zero-order valence-corrected chi connectivity index (χ0v) is 16.7. The van der Waals surface area contributed by atoms with Crippen molar-refractivity contribution in [3.8, 4) is 17.5 Å².